The molecular weight excluding hydrogens is 339 g/mol. The Bertz CT molecular complexity index is 1060. The van der Waals surface area contributed by atoms with E-state index >= 15 is 0 Å². The summed E-state index contributed by atoms with van der Waals surface area (Å²) in [5.41, 5.74) is 10.9. The molecule has 0 aliphatic carbocycles. The molecule has 0 spiro atoms. The van der Waals surface area contributed by atoms with Gasteiger partial charge >= 0.3 is 0 Å². The summed E-state index contributed by atoms with van der Waals surface area (Å²) >= 11 is 0. The van der Waals surface area contributed by atoms with E-state index in [0.29, 0.717) is 29.0 Å². The molecule has 9 heteroatoms. The van der Waals surface area contributed by atoms with E-state index < -0.39 is 5.82 Å². The molecule has 3 aromatic rings. The van der Waals surface area contributed by atoms with Crippen molar-refractivity contribution >= 4 is 22.5 Å². The largest absolute Gasteiger partial charge is 0.483 e. The Hall–Kier alpha value is -3.46. The van der Waals surface area contributed by atoms with Crippen molar-refractivity contribution in [3.63, 3.8) is 0 Å². The molecule has 132 valence electrons. The monoisotopic (exact) mass is 354 g/mol. The highest BCUT2D eigenvalue weighted by Crippen LogP contribution is 2.26. The summed E-state index contributed by atoms with van der Waals surface area (Å²) in [6.07, 6.45) is 4.91. The molecule has 1 aliphatic rings. The van der Waals surface area contributed by atoms with Crippen LogP contribution in [0.4, 0.5) is 15.9 Å². The van der Waals surface area contributed by atoms with Crippen molar-refractivity contribution in [2.45, 2.75) is 6.61 Å². The fourth-order valence-electron chi connectivity index (χ4n) is 2.66. The maximum atomic E-state index is 13.2. The number of nitrogen functional groups attached to an aromatic ring is 1. The SMILES string of the molecule is Nc1nc2cc(F)cnc2cc1OCc1[nH]c(=O)ccc1N1C=CCN1. The summed E-state index contributed by atoms with van der Waals surface area (Å²) in [5, 5.41) is 1.79. The number of anilines is 2. The quantitative estimate of drug-likeness (QED) is 0.651. The summed E-state index contributed by atoms with van der Waals surface area (Å²) in [5.74, 6) is -0.0724. The van der Waals surface area contributed by atoms with Crippen molar-refractivity contribution < 1.29 is 9.13 Å². The maximum absolute atomic E-state index is 13.2. The van der Waals surface area contributed by atoms with Gasteiger partial charge in [-0.2, -0.15) is 0 Å². The van der Waals surface area contributed by atoms with Crippen LogP contribution in [0.2, 0.25) is 0 Å². The Morgan fingerprint density at radius 2 is 2.19 bits per heavy atom. The van der Waals surface area contributed by atoms with Crippen molar-refractivity contribution in [2.24, 2.45) is 0 Å². The van der Waals surface area contributed by atoms with Gasteiger partial charge < -0.3 is 15.5 Å². The molecule has 0 saturated carbocycles. The van der Waals surface area contributed by atoms with Crippen molar-refractivity contribution in [2.75, 3.05) is 17.3 Å². The number of hydrogen-bond acceptors (Lipinski definition) is 7. The summed E-state index contributed by atoms with van der Waals surface area (Å²) in [6, 6.07) is 5.98. The number of nitrogens with two attached hydrogens (primary N) is 1. The van der Waals surface area contributed by atoms with Crippen LogP contribution in [0.3, 0.4) is 0 Å². The Morgan fingerprint density at radius 1 is 1.31 bits per heavy atom. The maximum Gasteiger partial charge on any atom is 0.248 e. The predicted molar refractivity (Wildman–Crippen MR) is 94.9 cm³/mol. The van der Waals surface area contributed by atoms with Gasteiger partial charge in [0, 0.05) is 30.9 Å². The average Bonchev–Trinajstić information content (AvgIpc) is 3.14. The fourth-order valence-corrected chi connectivity index (χ4v) is 2.66. The standard InChI is InChI=1S/C17H15FN6O2/c18-10-6-12-11(20-8-10)7-15(17(19)23-12)26-9-13-14(2-3-16(25)22-13)24-5-1-4-21-24/h1-3,5-8,21H,4,9H2,(H2,19,23)(H,22,25). The van der Waals surface area contributed by atoms with Gasteiger partial charge in [0.15, 0.2) is 11.6 Å². The summed E-state index contributed by atoms with van der Waals surface area (Å²) in [7, 11) is 0. The summed E-state index contributed by atoms with van der Waals surface area (Å²) < 4.78 is 19.0. The lowest BCUT2D eigenvalue weighted by molar-refractivity contribution is 0.302. The van der Waals surface area contributed by atoms with Gasteiger partial charge in [-0.1, -0.05) is 6.08 Å². The number of nitrogens with zero attached hydrogens (tertiary/aromatic N) is 3. The van der Waals surface area contributed by atoms with Gasteiger partial charge in [0.2, 0.25) is 5.56 Å². The molecule has 0 aromatic carbocycles. The molecule has 3 aromatic heterocycles. The number of rotatable bonds is 4. The van der Waals surface area contributed by atoms with Crippen molar-refractivity contribution in [1.82, 2.24) is 20.4 Å². The molecule has 26 heavy (non-hydrogen) atoms. The summed E-state index contributed by atoms with van der Waals surface area (Å²) in [4.78, 5) is 22.5. The fraction of sp³-hybridized carbons (Fsp3) is 0.118. The highest BCUT2D eigenvalue weighted by molar-refractivity contribution is 5.78. The van der Waals surface area contributed by atoms with E-state index in [4.69, 9.17) is 10.5 Å². The van der Waals surface area contributed by atoms with Crippen LogP contribution in [-0.2, 0) is 6.61 Å². The molecule has 8 nitrogen and oxygen atoms in total. The van der Waals surface area contributed by atoms with Gasteiger partial charge in [0.25, 0.3) is 0 Å². The number of ether oxygens (including phenoxy) is 1. The first-order chi connectivity index (χ1) is 12.6. The third kappa shape index (κ3) is 3.07. The summed E-state index contributed by atoms with van der Waals surface area (Å²) in [6.45, 7) is 0.763. The third-order valence-electron chi connectivity index (χ3n) is 3.87. The van der Waals surface area contributed by atoms with Crippen LogP contribution >= 0.6 is 0 Å². The molecule has 4 N–H and O–H groups in total. The van der Waals surface area contributed by atoms with Gasteiger partial charge in [-0.05, 0) is 6.07 Å². The van der Waals surface area contributed by atoms with Gasteiger partial charge in [-0.25, -0.2) is 14.8 Å². The molecule has 0 unspecified atom stereocenters. The smallest absolute Gasteiger partial charge is 0.248 e. The number of nitrogens with one attached hydrogen (secondary N) is 2. The number of hydrogen-bond donors (Lipinski definition) is 3. The minimum Gasteiger partial charge on any atom is -0.483 e. The second-order valence-corrected chi connectivity index (χ2v) is 5.66. The van der Waals surface area contributed by atoms with Crippen LogP contribution in [0.15, 0.2) is 47.5 Å². The first-order valence-electron chi connectivity index (χ1n) is 7.86. The predicted octanol–water partition coefficient (Wildman–Crippen LogP) is 1.46. The van der Waals surface area contributed by atoms with Gasteiger partial charge in [-0.15, -0.1) is 0 Å². The lowest BCUT2D eigenvalue weighted by Crippen LogP contribution is -2.30. The molecule has 0 fully saturated rings. The Kier molecular flexibility index (Phi) is 3.98. The Labute approximate surface area is 147 Å². The number of pyridine rings is 3. The zero-order chi connectivity index (χ0) is 18.1. The highest BCUT2D eigenvalue weighted by atomic mass is 19.1. The van der Waals surface area contributed by atoms with E-state index in [1.54, 1.807) is 17.1 Å². The number of aromatic amines is 1. The van der Waals surface area contributed by atoms with Crippen LogP contribution in [-0.4, -0.2) is 21.5 Å². The number of aromatic nitrogens is 3. The molecule has 4 heterocycles. The normalized spacial score (nSPS) is 13.5. The van der Waals surface area contributed by atoms with Crippen molar-refractivity contribution in [1.29, 1.82) is 0 Å². The molecule has 0 amide bonds. The number of hydrazine groups is 1. The van der Waals surface area contributed by atoms with Gasteiger partial charge in [0.1, 0.15) is 12.4 Å². The number of fused-ring (bicyclic) bond motifs is 1. The van der Waals surface area contributed by atoms with Crippen molar-refractivity contribution in [3.8, 4) is 5.75 Å². The zero-order valence-electron chi connectivity index (χ0n) is 13.6. The van der Waals surface area contributed by atoms with E-state index in [0.717, 1.165) is 11.9 Å². The first kappa shape index (κ1) is 16.0. The first-order valence-corrected chi connectivity index (χ1v) is 7.86. The molecule has 0 radical (unpaired) electrons. The van der Waals surface area contributed by atoms with E-state index in [9.17, 15) is 9.18 Å². The van der Waals surface area contributed by atoms with Crippen LogP contribution < -0.4 is 26.5 Å². The molecule has 1 aliphatic heterocycles. The minimum absolute atomic E-state index is 0.0655. The zero-order valence-corrected chi connectivity index (χ0v) is 13.6. The molecule has 0 atom stereocenters. The second kappa shape index (κ2) is 6.45. The van der Waals surface area contributed by atoms with Crippen molar-refractivity contribution in [3.05, 3.63) is 64.6 Å². The van der Waals surface area contributed by atoms with Crippen LogP contribution in [0.25, 0.3) is 11.0 Å². The van der Waals surface area contributed by atoms with Crippen LogP contribution in [0.1, 0.15) is 5.69 Å². The Morgan fingerprint density at radius 3 is 3.00 bits per heavy atom. The lowest BCUT2D eigenvalue weighted by atomic mass is 10.3. The number of halogens is 1. The van der Waals surface area contributed by atoms with E-state index in [1.807, 2.05) is 12.3 Å². The molecule has 0 bridgehead atoms. The van der Waals surface area contributed by atoms with E-state index in [2.05, 4.69) is 20.4 Å². The molecule has 0 saturated heterocycles. The Balaban J connectivity index is 1.63. The second-order valence-electron chi connectivity index (χ2n) is 5.66. The highest BCUT2D eigenvalue weighted by Gasteiger charge is 2.14. The van der Waals surface area contributed by atoms with Gasteiger partial charge in [-0.3, -0.25) is 14.8 Å². The van der Waals surface area contributed by atoms with E-state index in [1.165, 1.54) is 12.1 Å². The van der Waals surface area contributed by atoms with Crippen LogP contribution in [0.5, 0.6) is 5.75 Å². The average molecular weight is 354 g/mol. The van der Waals surface area contributed by atoms with Gasteiger partial charge in [0.05, 0.1) is 28.6 Å². The van der Waals surface area contributed by atoms with E-state index in [-0.39, 0.29) is 18.0 Å². The molecular formula is C17H15FN6O2. The lowest BCUT2D eigenvalue weighted by Gasteiger charge is -2.19. The van der Waals surface area contributed by atoms with Crippen LogP contribution in [0, 0.1) is 5.82 Å². The molecule has 4 rings (SSSR count). The third-order valence-corrected chi connectivity index (χ3v) is 3.87. The number of H-pyrrole nitrogens is 1. The minimum atomic E-state index is -0.490. The topological polar surface area (TPSA) is 109 Å².